The highest BCUT2D eigenvalue weighted by Crippen LogP contribution is 2.44. The van der Waals surface area contributed by atoms with E-state index in [9.17, 15) is 0 Å². The third-order valence-electron chi connectivity index (χ3n) is 8.81. The van der Waals surface area contributed by atoms with Crippen molar-refractivity contribution < 1.29 is 9.47 Å². The Kier molecular flexibility index (Phi) is 8.00. The molecule has 0 radical (unpaired) electrons. The second kappa shape index (κ2) is 12.4. The fraction of sp³-hybridized carbons (Fsp3) is 0.243. The van der Waals surface area contributed by atoms with Crippen LogP contribution in [-0.4, -0.2) is 41.0 Å². The van der Waals surface area contributed by atoms with Gasteiger partial charge in [0.05, 0.1) is 31.0 Å². The molecule has 4 heterocycles. The molecule has 45 heavy (non-hydrogen) atoms. The Labute approximate surface area is 270 Å². The van der Waals surface area contributed by atoms with Crippen LogP contribution in [-0.2, 0) is 4.74 Å². The average molecular weight is 616 g/mol. The van der Waals surface area contributed by atoms with Gasteiger partial charge in [-0.1, -0.05) is 24.3 Å². The maximum absolute atomic E-state index is 6.20. The van der Waals surface area contributed by atoms with E-state index >= 15 is 0 Å². The maximum atomic E-state index is 6.20. The summed E-state index contributed by atoms with van der Waals surface area (Å²) < 4.78 is 14.1. The topological polar surface area (TPSA) is 54.8 Å². The van der Waals surface area contributed by atoms with Crippen LogP contribution in [0.2, 0.25) is 0 Å². The van der Waals surface area contributed by atoms with Crippen molar-refractivity contribution in [1.29, 1.82) is 0 Å². The van der Waals surface area contributed by atoms with Gasteiger partial charge >= 0.3 is 0 Å². The van der Waals surface area contributed by atoms with Gasteiger partial charge in [0, 0.05) is 47.7 Å². The van der Waals surface area contributed by atoms with E-state index in [0.29, 0.717) is 5.11 Å². The van der Waals surface area contributed by atoms with Gasteiger partial charge in [0.1, 0.15) is 11.5 Å². The molecule has 7 nitrogen and oxygen atoms in total. The van der Waals surface area contributed by atoms with Crippen LogP contribution in [0.4, 0.5) is 11.4 Å². The molecular weight excluding hydrogens is 579 g/mol. The fourth-order valence-corrected chi connectivity index (χ4v) is 6.89. The highest BCUT2D eigenvalue weighted by atomic mass is 32.1. The molecule has 8 heteroatoms. The first kappa shape index (κ1) is 29.1. The summed E-state index contributed by atoms with van der Waals surface area (Å²) in [5.74, 6) is 1.63. The number of thiocarbonyl (C=S) groups is 1. The lowest BCUT2D eigenvalue weighted by Gasteiger charge is -2.29. The predicted octanol–water partition coefficient (Wildman–Crippen LogP) is 7.60. The van der Waals surface area contributed by atoms with E-state index in [0.717, 1.165) is 60.4 Å². The van der Waals surface area contributed by atoms with Crippen molar-refractivity contribution in [3.63, 3.8) is 0 Å². The van der Waals surface area contributed by atoms with Gasteiger partial charge in [0.25, 0.3) is 0 Å². The third kappa shape index (κ3) is 5.67. The number of pyridine rings is 1. The molecule has 2 aliphatic heterocycles. The smallest absolute Gasteiger partial charge is 0.174 e. The first-order valence-corrected chi connectivity index (χ1v) is 15.8. The van der Waals surface area contributed by atoms with Gasteiger partial charge in [-0.25, -0.2) is 0 Å². The number of rotatable bonds is 7. The highest BCUT2D eigenvalue weighted by molar-refractivity contribution is 7.80. The van der Waals surface area contributed by atoms with Crippen molar-refractivity contribution in [2.24, 2.45) is 0 Å². The molecule has 0 saturated carbocycles. The minimum atomic E-state index is -0.126. The number of nitrogens with zero attached hydrogens (tertiary/aromatic N) is 4. The Balaban J connectivity index is 1.24. The number of hydrogen-bond acceptors (Lipinski definition) is 5. The molecule has 2 aromatic heterocycles. The summed E-state index contributed by atoms with van der Waals surface area (Å²) in [4.78, 5) is 9.35. The molecule has 1 N–H and O–H groups in total. The number of benzene rings is 3. The quantitative estimate of drug-likeness (QED) is 0.189. The largest absolute Gasteiger partial charge is 0.457 e. The lowest BCUT2D eigenvalue weighted by molar-refractivity contribution is 0.122. The minimum absolute atomic E-state index is 0.108. The molecule has 0 unspecified atom stereocenters. The number of ether oxygens (including phenoxy) is 2. The van der Waals surface area contributed by atoms with Gasteiger partial charge in [-0.15, -0.1) is 0 Å². The van der Waals surface area contributed by atoms with Gasteiger partial charge in [-0.3, -0.25) is 4.98 Å². The number of aryl methyl sites for hydroxylation is 2. The Morgan fingerprint density at radius 1 is 0.822 bits per heavy atom. The Morgan fingerprint density at radius 2 is 1.51 bits per heavy atom. The molecule has 5 aromatic rings. The van der Waals surface area contributed by atoms with Crippen molar-refractivity contribution >= 4 is 28.7 Å². The summed E-state index contributed by atoms with van der Waals surface area (Å²) in [6, 6.07) is 33.2. The Hall–Kier alpha value is -4.66. The van der Waals surface area contributed by atoms with Gasteiger partial charge in [0.2, 0.25) is 0 Å². The molecule has 0 aliphatic carbocycles. The average Bonchev–Trinajstić information content (AvgIpc) is 3.57. The van der Waals surface area contributed by atoms with Crippen molar-refractivity contribution in [1.82, 2.24) is 14.9 Å². The van der Waals surface area contributed by atoms with Crippen LogP contribution < -0.4 is 19.9 Å². The summed E-state index contributed by atoms with van der Waals surface area (Å²) in [6.45, 7) is 9.81. The van der Waals surface area contributed by atoms with E-state index in [4.69, 9.17) is 26.7 Å². The summed E-state index contributed by atoms with van der Waals surface area (Å²) in [5, 5.41) is 4.28. The predicted molar refractivity (Wildman–Crippen MR) is 184 cm³/mol. The summed E-state index contributed by atoms with van der Waals surface area (Å²) in [7, 11) is 0. The first-order chi connectivity index (χ1) is 22.0. The summed E-state index contributed by atoms with van der Waals surface area (Å²) in [5.41, 5.74) is 8.95. The first-order valence-electron chi connectivity index (χ1n) is 15.4. The van der Waals surface area contributed by atoms with Gasteiger partial charge in [0.15, 0.2) is 5.11 Å². The molecule has 228 valence electrons. The van der Waals surface area contributed by atoms with Crippen molar-refractivity contribution in [3.05, 3.63) is 131 Å². The van der Waals surface area contributed by atoms with Crippen molar-refractivity contribution in [3.8, 4) is 17.2 Å². The number of hydrogen-bond donors (Lipinski definition) is 1. The van der Waals surface area contributed by atoms with Crippen LogP contribution in [0, 0.1) is 20.8 Å². The maximum Gasteiger partial charge on any atom is 0.174 e. The zero-order chi connectivity index (χ0) is 30.9. The van der Waals surface area contributed by atoms with Crippen LogP contribution in [0.1, 0.15) is 40.3 Å². The SMILES string of the molecule is Cc1ccccc1Oc1ccc(N2C(=S)N[C@@H](c3ccccn3)[C@@H]2c2cc(C)n(-c3ccc(N4CCOCC4)cc3)c2C)cc1. The van der Waals surface area contributed by atoms with E-state index in [1.54, 1.807) is 0 Å². The molecule has 0 spiro atoms. The number of para-hydroxylation sites is 1. The lowest BCUT2D eigenvalue weighted by Crippen LogP contribution is -2.36. The lowest BCUT2D eigenvalue weighted by atomic mass is 9.96. The number of anilines is 2. The molecule has 2 saturated heterocycles. The van der Waals surface area contributed by atoms with E-state index < -0.39 is 0 Å². The number of morpholine rings is 1. The standard InChI is InChI=1S/C37H37N5O2S/c1-25-8-4-5-10-34(25)44-31-17-15-30(16-18-31)42-36(35(39-37(42)45)33-9-6-7-19-38-33)32-24-26(2)41(27(32)3)29-13-11-28(12-14-29)40-20-22-43-23-21-40/h4-19,24,35-36H,20-23H2,1-3H3,(H,39,45)/t35-,36-/m0/s1. The molecule has 7 rings (SSSR count). The number of aromatic nitrogens is 2. The minimum Gasteiger partial charge on any atom is -0.457 e. The number of nitrogens with one attached hydrogen (secondary N) is 1. The zero-order valence-electron chi connectivity index (χ0n) is 25.8. The van der Waals surface area contributed by atoms with Gasteiger partial charge < -0.3 is 29.2 Å². The van der Waals surface area contributed by atoms with E-state index in [1.165, 1.54) is 22.6 Å². The van der Waals surface area contributed by atoms with Crippen LogP contribution in [0.25, 0.3) is 5.69 Å². The molecule has 0 amide bonds. The van der Waals surface area contributed by atoms with Gasteiger partial charge in [-0.2, -0.15) is 0 Å². The molecule has 0 bridgehead atoms. The van der Waals surface area contributed by atoms with E-state index in [1.807, 2.05) is 48.7 Å². The van der Waals surface area contributed by atoms with Crippen LogP contribution in [0.15, 0.2) is 103 Å². The molecular formula is C37H37N5O2S. The second-order valence-electron chi connectivity index (χ2n) is 11.6. The third-order valence-corrected chi connectivity index (χ3v) is 9.12. The normalized spacial score (nSPS) is 18.2. The van der Waals surface area contributed by atoms with Crippen molar-refractivity contribution in [2.75, 3.05) is 36.1 Å². The Morgan fingerprint density at radius 3 is 2.22 bits per heavy atom. The van der Waals surface area contributed by atoms with Crippen LogP contribution >= 0.6 is 12.2 Å². The monoisotopic (exact) mass is 615 g/mol. The Bertz CT molecular complexity index is 1800. The van der Waals surface area contributed by atoms with Gasteiger partial charge in [-0.05, 0) is 117 Å². The highest BCUT2D eigenvalue weighted by Gasteiger charge is 2.42. The second-order valence-corrected chi connectivity index (χ2v) is 12.0. The molecule has 2 fully saturated rings. The summed E-state index contributed by atoms with van der Waals surface area (Å²) >= 11 is 6.02. The van der Waals surface area contributed by atoms with E-state index in [-0.39, 0.29) is 12.1 Å². The summed E-state index contributed by atoms with van der Waals surface area (Å²) in [6.07, 6.45) is 1.84. The zero-order valence-corrected chi connectivity index (χ0v) is 26.6. The van der Waals surface area contributed by atoms with Crippen molar-refractivity contribution in [2.45, 2.75) is 32.9 Å². The van der Waals surface area contributed by atoms with Crippen LogP contribution in [0.5, 0.6) is 11.5 Å². The van der Waals surface area contributed by atoms with Crippen LogP contribution in [0.3, 0.4) is 0 Å². The van der Waals surface area contributed by atoms with E-state index in [2.05, 4.69) is 95.1 Å². The molecule has 2 aliphatic rings. The fourth-order valence-electron chi connectivity index (χ4n) is 6.54. The molecule has 3 aromatic carbocycles. The molecule has 2 atom stereocenters.